The van der Waals surface area contributed by atoms with Gasteiger partial charge < -0.3 is 10.1 Å². The first kappa shape index (κ1) is 16.9. The summed E-state index contributed by atoms with van der Waals surface area (Å²) in [5.74, 6) is -0.211. The largest absolute Gasteiger partial charge is 0.482 e. The van der Waals surface area contributed by atoms with E-state index in [-0.39, 0.29) is 29.3 Å². The Morgan fingerprint density at radius 3 is 2.96 bits per heavy atom. The number of nitrogens with one attached hydrogen (secondary N) is 1. The van der Waals surface area contributed by atoms with Crippen molar-refractivity contribution in [1.82, 2.24) is 5.32 Å². The minimum atomic E-state index is -1.03. The highest BCUT2D eigenvalue weighted by molar-refractivity contribution is 7.85. The van der Waals surface area contributed by atoms with E-state index in [0.717, 1.165) is 16.5 Å². The van der Waals surface area contributed by atoms with Gasteiger partial charge in [-0.3, -0.25) is 9.00 Å². The summed E-state index contributed by atoms with van der Waals surface area (Å²) in [6.07, 6.45) is 0.593. The van der Waals surface area contributed by atoms with Gasteiger partial charge in [0.1, 0.15) is 11.6 Å². The molecule has 0 fully saturated rings. The van der Waals surface area contributed by atoms with Crippen LogP contribution in [0.1, 0.15) is 18.0 Å². The molecule has 3 rings (SSSR count). The van der Waals surface area contributed by atoms with Crippen LogP contribution in [0.4, 0.5) is 4.39 Å². The van der Waals surface area contributed by atoms with Gasteiger partial charge in [-0.05, 0) is 30.2 Å². The molecule has 0 saturated carbocycles. The SMILES string of the molecule is O=C(COc1cc(F)ccc1Cl)NC1CCS(=O)c2ccccc21. The van der Waals surface area contributed by atoms with Crippen LogP contribution in [0.3, 0.4) is 0 Å². The predicted octanol–water partition coefficient (Wildman–Crippen LogP) is 3.23. The molecule has 126 valence electrons. The Labute approximate surface area is 146 Å². The fraction of sp³-hybridized carbons (Fsp3) is 0.235. The second-order valence-corrected chi connectivity index (χ2v) is 7.31. The average Bonchev–Trinajstić information content (AvgIpc) is 2.58. The van der Waals surface area contributed by atoms with Crippen molar-refractivity contribution in [1.29, 1.82) is 0 Å². The van der Waals surface area contributed by atoms with Gasteiger partial charge in [0.2, 0.25) is 0 Å². The number of hydrogen-bond donors (Lipinski definition) is 1. The van der Waals surface area contributed by atoms with Crippen LogP contribution in [0.2, 0.25) is 5.02 Å². The normalized spacial score (nSPS) is 19.4. The molecule has 1 amide bonds. The number of fused-ring (bicyclic) bond motifs is 1. The average molecular weight is 368 g/mol. The highest BCUT2D eigenvalue weighted by atomic mass is 35.5. The third-order valence-corrected chi connectivity index (χ3v) is 5.50. The lowest BCUT2D eigenvalue weighted by molar-refractivity contribution is -0.123. The zero-order valence-electron chi connectivity index (χ0n) is 12.6. The number of hydrogen-bond acceptors (Lipinski definition) is 3. The highest BCUT2D eigenvalue weighted by Gasteiger charge is 2.25. The molecular weight excluding hydrogens is 353 g/mol. The highest BCUT2D eigenvalue weighted by Crippen LogP contribution is 2.30. The zero-order valence-corrected chi connectivity index (χ0v) is 14.2. The predicted molar refractivity (Wildman–Crippen MR) is 90.1 cm³/mol. The summed E-state index contributed by atoms with van der Waals surface area (Å²) in [6, 6.07) is 10.9. The van der Waals surface area contributed by atoms with Crippen molar-refractivity contribution in [3.8, 4) is 5.75 Å². The van der Waals surface area contributed by atoms with Crippen LogP contribution in [0.5, 0.6) is 5.75 Å². The van der Waals surface area contributed by atoms with Gasteiger partial charge in [-0.1, -0.05) is 29.8 Å². The number of ether oxygens (including phenoxy) is 1. The molecule has 0 bridgehead atoms. The Morgan fingerprint density at radius 1 is 1.33 bits per heavy atom. The van der Waals surface area contributed by atoms with Crippen molar-refractivity contribution in [2.75, 3.05) is 12.4 Å². The molecule has 2 unspecified atom stereocenters. The topological polar surface area (TPSA) is 55.4 Å². The van der Waals surface area contributed by atoms with Gasteiger partial charge in [-0.25, -0.2) is 4.39 Å². The first-order valence-corrected chi connectivity index (χ1v) is 9.09. The Hall–Kier alpha value is -1.92. The van der Waals surface area contributed by atoms with E-state index in [9.17, 15) is 13.4 Å². The van der Waals surface area contributed by atoms with Crippen LogP contribution in [0.25, 0.3) is 0 Å². The molecule has 2 aromatic carbocycles. The molecule has 0 aliphatic carbocycles. The first-order valence-electron chi connectivity index (χ1n) is 7.39. The van der Waals surface area contributed by atoms with Gasteiger partial charge in [0.25, 0.3) is 5.91 Å². The maximum absolute atomic E-state index is 13.2. The summed E-state index contributed by atoms with van der Waals surface area (Å²) in [7, 11) is -1.03. The summed E-state index contributed by atoms with van der Waals surface area (Å²) < 4.78 is 30.5. The van der Waals surface area contributed by atoms with Crippen LogP contribution >= 0.6 is 11.6 Å². The first-order chi connectivity index (χ1) is 11.5. The Balaban J connectivity index is 1.64. The van der Waals surface area contributed by atoms with Crippen molar-refractivity contribution in [2.45, 2.75) is 17.4 Å². The van der Waals surface area contributed by atoms with Gasteiger partial charge in [-0.2, -0.15) is 0 Å². The van der Waals surface area contributed by atoms with E-state index >= 15 is 0 Å². The number of halogens is 2. The van der Waals surface area contributed by atoms with E-state index in [0.29, 0.717) is 12.2 Å². The molecule has 24 heavy (non-hydrogen) atoms. The van der Waals surface area contributed by atoms with Crippen molar-refractivity contribution < 1.29 is 18.1 Å². The molecule has 1 aliphatic rings. The molecule has 2 aromatic rings. The smallest absolute Gasteiger partial charge is 0.258 e. The molecule has 7 heteroatoms. The van der Waals surface area contributed by atoms with E-state index < -0.39 is 16.6 Å². The van der Waals surface area contributed by atoms with Crippen LogP contribution < -0.4 is 10.1 Å². The fourth-order valence-electron chi connectivity index (χ4n) is 2.58. The monoisotopic (exact) mass is 367 g/mol. The van der Waals surface area contributed by atoms with Crippen molar-refractivity contribution in [3.63, 3.8) is 0 Å². The van der Waals surface area contributed by atoms with Gasteiger partial charge in [0.15, 0.2) is 6.61 Å². The lowest BCUT2D eigenvalue weighted by atomic mass is 10.0. The third kappa shape index (κ3) is 3.76. The lowest BCUT2D eigenvalue weighted by Crippen LogP contribution is -2.35. The molecule has 0 spiro atoms. The van der Waals surface area contributed by atoms with E-state index in [2.05, 4.69) is 5.32 Å². The van der Waals surface area contributed by atoms with Gasteiger partial charge in [0.05, 0.1) is 21.9 Å². The molecule has 0 saturated heterocycles. The van der Waals surface area contributed by atoms with E-state index in [1.54, 1.807) is 0 Å². The molecule has 1 N–H and O–H groups in total. The Morgan fingerprint density at radius 2 is 2.12 bits per heavy atom. The molecule has 0 radical (unpaired) electrons. The minimum Gasteiger partial charge on any atom is -0.482 e. The number of amides is 1. The lowest BCUT2D eigenvalue weighted by Gasteiger charge is -2.25. The van der Waals surface area contributed by atoms with E-state index in [4.69, 9.17) is 16.3 Å². The Kier molecular flexibility index (Phi) is 5.16. The number of carbonyl (C=O) groups is 1. The number of carbonyl (C=O) groups excluding carboxylic acids is 1. The van der Waals surface area contributed by atoms with Crippen LogP contribution in [0, 0.1) is 5.82 Å². The molecule has 1 aliphatic heterocycles. The quantitative estimate of drug-likeness (QED) is 0.902. The molecule has 1 heterocycles. The van der Waals surface area contributed by atoms with Gasteiger partial charge in [0, 0.05) is 16.7 Å². The molecule has 2 atom stereocenters. The summed E-state index contributed by atoms with van der Waals surface area (Å²) >= 11 is 5.90. The maximum atomic E-state index is 13.2. The molecule has 0 aromatic heterocycles. The summed E-state index contributed by atoms with van der Waals surface area (Å²) in [5, 5.41) is 3.10. The minimum absolute atomic E-state index is 0.122. The molecule has 4 nitrogen and oxygen atoms in total. The van der Waals surface area contributed by atoms with Crippen LogP contribution in [-0.4, -0.2) is 22.5 Å². The standard InChI is InChI=1S/C17H15ClFNO3S/c18-13-6-5-11(19)9-15(13)23-10-17(21)20-14-7-8-24(22)16-4-2-1-3-12(14)16/h1-6,9,14H,7-8,10H2,(H,20,21). The second kappa shape index (κ2) is 7.32. The van der Waals surface area contributed by atoms with Crippen LogP contribution in [0.15, 0.2) is 47.4 Å². The maximum Gasteiger partial charge on any atom is 0.258 e. The van der Waals surface area contributed by atoms with Crippen LogP contribution in [-0.2, 0) is 15.6 Å². The van der Waals surface area contributed by atoms with E-state index in [1.165, 1.54) is 12.1 Å². The van der Waals surface area contributed by atoms with Crippen molar-refractivity contribution in [3.05, 3.63) is 58.9 Å². The van der Waals surface area contributed by atoms with Gasteiger partial charge in [-0.15, -0.1) is 0 Å². The number of benzene rings is 2. The molecular formula is C17H15ClFNO3S. The second-order valence-electron chi connectivity index (χ2n) is 5.36. The fourth-order valence-corrected chi connectivity index (χ4v) is 4.13. The zero-order chi connectivity index (χ0) is 17.1. The number of rotatable bonds is 4. The summed E-state index contributed by atoms with van der Waals surface area (Å²) in [4.78, 5) is 12.9. The van der Waals surface area contributed by atoms with E-state index in [1.807, 2.05) is 24.3 Å². The van der Waals surface area contributed by atoms with Crippen molar-refractivity contribution in [2.24, 2.45) is 0 Å². The third-order valence-electron chi connectivity index (χ3n) is 3.72. The van der Waals surface area contributed by atoms with Gasteiger partial charge >= 0.3 is 0 Å². The summed E-state index contributed by atoms with van der Waals surface area (Å²) in [5.41, 5.74) is 0.860. The Bertz CT molecular complexity index is 799. The summed E-state index contributed by atoms with van der Waals surface area (Å²) in [6.45, 7) is -0.273. The van der Waals surface area contributed by atoms with Crippen molar-refractivity contribution >= 4 is 28.3 Å².